The molecule has 0 radical (unpaired) electrons. The number of alkyl halides is 2. The normalized spacial score (nSPS) is 20.4. The van der Waals surface area contributed by atoms with Crippen molar-refractivity contribution in [3.8, 4) is 27.6 Å². The van der Waals surface area contributed by atoms with E-state index >= 15 is 8.78 Å². The van der Waals surface area contributed by atoms with Gasteiger partial charge in [0.2, 0.25) is 11.8 Å². The Morgan fingerprint density at radius 3 is 2.63 bits per heavy atom. The van der Waals surface area contributed by atoms with Crippen molar-refractivity contribution in [2.24, 2.45) is 0 Å². The average molecular weight is 727 g/mol. The number of hydrogen-bond donors (Lipinski definition) is 1. The molecule has 0 bridgehead atoms. The van der Waals surface area contributed by atoms with E-state index in [0.717, 1.165) is 29.9 Å². The number of aromatic nitrogens is 4. The van der Waals surface area contributed by atoms with Gasteiger partial charge in [-0.25, -0.2) is 22.5 Å². The summed E-state index contributed by atoms with van der Waals surface area (Å²) < 4.78 is 71.0. The molecule has 9 rings (SSSR count). The van der Waals surface area contributed by atoms with Gasteiger partial charge in [-0.05, 0) is 72.5 Å². The Hall–Kier alpha value is -5.37. The Balaban J connectivity index is 1.20. The van der Waals surface area contributed by atoms with Gasteiger partial charge in [0, 0.05) is 35.7 Å². The number of rotatable bonds is 8. The van der Waals surface area contributed by atoms with Gasteiger partial charge in [0.1, 0.15) is 11.6 Å². The van der Waals surface area contributed by atoms with E-state index in [-0.39, 0.29) is 40.5 Å². The molecule has 2 aromatic carbocycles. The third-order valence-corrected chi connectivity index (χ3v) is 11.4. The first-order valence-electron chi connectivity index (χ1n) is 16.9. The molecule has 1 amide bonds. The number of nitrogens with one attached hydrogen (secondary N) is 1. The Morgan fingerprint density at radius 2 is 1.87 bits per heavy atom. The highest BCUT2D eigenvalue weighted by molar-refractivity contribution is 7.23. The summed E-state index contributed by atoms with van der Waals surface area (Å²) in [5.41, 5.74) is 3.96. The standard InChI is InChI=1S/C38H30F4N6O3S/c1-17-46-47-37(51-17)27-23(12-7-18-5-8-20(39)9-6-18)44-33-24-4-3-15-48(24)38(49)29(33)28(27)25-16-19-13-14-43-36(35(19)52-25)45-32-21-10-11-22(40)34(50-2)26(21)30(41)31(32)42/h5-6,8-11,13-14,16,24,30-32H,3-4,7,12,15H2,1-2H3,(H,43,45)/t24?,30-,31+,32+/m1/s1. The number of nitrogens with zero attached hydrogens (tertiary/aromatic N) is 5. The second-order valence-electron chi connectivity index (χ2n) is 13.2. The van der Waals surface area contributed by atoms with E-state index in [4.69, 9.17) is 14.1 Å². The van der Waals surface area contributed by atoms with E-state index in [0.29, 0.717) is 68.8 Å². The maximum absolute atomic E-state index is 15.7. The van der Waals surface area contributed by atoms with Crippen LogP contribution in [0, 0.1) is 18.6 Å². The van der Waals surface area contributed by atoms with Gasteiger partial charge in [-0.3, -0.25) is 9.78 Å². The summed E-state index contributed by atoms with van der Waals surface area (Å²) in [7, 11) is 1.22. The fourth-order valence-corrected chi connectivity index (χ4v) is 9.03. The Kier molecular flexibility index (Phi) is 7.75. The number of halogens is 4. The second kappa shape index (κ2) is 12.4. The molecule has 52 heavy (non-hydrogen) atoms. The quantitative estimate of drug-likeness (QED) is 0.156. The molecule has 1 fully saturated rings. The summed E-state index contributed by atoms with van der Waals surface area (Å²) in [5, 5.41) is 12.3. The van der Waals surface area contributed by atoms with Crippen LogP contribution in [-0.4, -0.2) is 50.8 Å². The number of aryl methyl sites for hydroxylation is 3. The van der Waals surface area contributed by atoms with Crippen molar-refractivity contribution >= 4 is 33.1 Å². The molecule has 3 aliphatic rings. The van der Waals surface area contributed by atoms with Gasteiger partial charge in [0.15, 0.2) is 23.9 Å². The number of amides is 1. The number of carbonyl (C=O) groups excluding carboxylic acids is 1. The van der Waals surface area contributed by atoms with Crippen LogP contribution in [0.1, 0.15) is 75.4 Å². The van der Waals surface area contributed by atoms with Gasteiger partial charge in [-0.2, -0.15) is 0 Å². The summed E-state index contributed by atoms with van der Waals surface area (Å²) in [6.45, 7) is 2.30. The number of hydrogen-bond acceptors (Lipinski definition) is 9. The minimum Gasteiger partial charge on any atom is -0.493 e. The highest BCUT2D eigenvalue weighted by atomic mass is 32.1. The molecular formula is C38H30F4N6O3S. The zero-order chi connectivity index (χ0) is 35.8. The third-order valence-electron chi connectivity index (χ3n) is 10.2. The first-order valence-corrected chi connectivity index (χ1v) is 17.8. The highest BCUT2D eigenvalue weighted by Crippen LogP contribution is 2.52. The molecule has 1 N–H and O–H groups in total. The summed E-state index contributed by atoms with van der Waals surface area (Å²) in [6.07, 6.45) is 0.0502. The van der Waals surface area contributed by atoms with Crippen molar-refractivity contribution in [3.05, 3.63) is 106 Å². The van der Waals surface area contributed by atoms with E-state index < -0.39 is 24.2 Å². The van der Waals surface area contributed by atoms with Crippen LogP contribution in [0.4, 0.5) is 23.4 Å². The van der Waals surface area contributed by atoms with Crippen molar-refractivity contribution in [1.29, 1.82) is 0 Å². The monoisotopic (exact) mass is 726 g/mol. The highest BCUT2D eigenvalue weighted by Gasteiger charge is 2.46. The lowest BCUT2D eigenvalue weighted by Crippen LogP contribution is -2.22. The first kappa shape index (κ1) is 32.5. The van der Waals surface area contributed by atoms with Gasteiger partial charge >= 0.3 is 0 Å². The van der Waals surface area contributed by atoms with Crippen LogP contribution in [0.15, 0.2) is 59.1 Å². The van der Waals surface area contributed by atoms with Crippen LogP contribution in [-0.2, 0) is 12.8 Å². The molecule has 264 valence electrons. The molecule has 0 saturated carbocycles. The number of methoxy groups -OCH3 is 1. The SMILES string of the molecule is COc1c(F)ccc2c1[C@@H](F)[C@H](F)[C@H]2Nc1nccc2cc(-c3c4c(nc(CCc5ccc(F)cc5)c3-c3nnc(C)o3)C3CCCN3C4=O)sc12. The lowest BCUT2D eigenvalue weighted by molar-refractivity contribution is 0.0776. The molecule has 4 aromatic heterocycles. The van der Waals surface area contributed by atoms with E-state index in [1.54, 1.807) is 31.3 Å². The Morgan fingerprint density at radius 1 is 1.04 bits per heavy atom. The molecule has 9 nitrogen and oxygen atoms in total. The number of carbonyl (C=O) groups is 1. The van der Waals surface area contributed by atoms with Crippen LogP contribution >= 0.6 is 11.3 Å². The van der Waals surface area contributed by atoms with Gasteiger partial charge < -0.3 is 19.4 Å². The van der Waals surface area contributed by atoms with Gasteiger partial charge in [-0.1, -0.05) is 18.2 Å². The van der Waals surface area contributed by atoms with Crippen LogP contribution in [0.3, 0.4) is 0 Å². The zero-order valence-electron chi connectivity index (χ0n) is 27.9. The number of anilines is 1. The van der Waals surface area contributed by atoms with Crippen LogP contribution in [0.25, 0.3) is 32.0 Å². The lowest BCUT2D eigenvalue weighted by Gasteiger charge is -2.18. The van der Waals surface area contributed by atoms with Crippen LogP contribution in [0.5, 0.6) is 5.75 Å². The predicted octanol–water partition coefficient (Wildman–Crippen LogP) is 8.59. The summed E-state index contributed by atoms with van der Waals surface area (Å²) >= 11 is 1.33. The molecule has 2 aliphatic heterocycles. The smallest absolute Gasteiger partial charge is 0.257 e. The molecule has 4 atom stereocenters. The molecule has 1 saturated heterocycles. The summed E-state index contributed by atoms with van der Waals surface area (Å²) in [6, 6.07) is 11.2. The van der Waals surface area contributed by atoms with Gasteiger partial charge in [0.05, 0.1) is 46.4 Å². The van der Waals surface area contributed by atoms with Crippen LogP contribution < -0.4 is 10.1 Å². The first-order chi connectivity index (χ1) is 25.2. The van der Waals surface area contributed by atoms with Crippen molar-refractivity contribution in [2.75, 3.05) is 19.0 Å². The zero-order valence-corrected chi connectivity index (χ0v) is 28.7. The Bertz CT molecular complexity index is 2400. The second-order valence-corrected chi connectivity index (χ2v) is 14.3. The Labute approximate surface area is 298 Å². The number of thiophene rings is 1. The van der Waals surface area contributed by atoms with Crippen molar-refractivity contribution in [2.45, 2.75) is 57.0 Å². The van der Waals surface area contributed by atoms with Gasteiger partial charge in [0.25, 0.3) is 5.91 Å². The third kappa shape index (κ3) is 5.06. The average Bonchev–Trinajstić information content (AvgIpc) is 3.97. The van der Waals surface area contributed by atoms with E-state index in [1.807, 2.05) is 11.0 Å². The minimum atomic E-state index is -2.11. The van der Waals surface area contributed by atoms with E-state index in [9.17, 15) is 13.6 Å². The summed E-state index contributed by atoms with van der Waals surface area (Å²) in [4.78, 5) is 26.4. The summed E-state index contributed by atoms with van der Waals surface area (Å²) in [5.74, 6) is -0.701. The van der Waals surface area contributed by atoms with Crippen molar-refractivity contribution in [1.82, 2.24) is 25.1 Å². The predicted molar refractivity (Wildman–Crippen MR) is 186 cm³/mol. The molecule has 1 unspecified atom stereocenters. The van der Waals surface area contributed by atoms with Crippen molar-refractivity contribution < 1.29 is 31.5 Å². The molecule has 0 spiro atoms. The number of benzene rings is 2. The molecule has 6 aromatic rings. The topological polar surface area (TPSA) is 106 Å². The number of pyridine rings is 2. The van der Waals surface area contributed by atoms with Crippen molar-refractivity contribution in [3.63, 3.8) is 0 Å². The fraction of sp³-hybridized carbons (Fsp3) is 0.289. The number of fused-ring (bicyclic) bond motifs is 5. The largest absolute Gasteiger partial charge is 0.493 e. The molecule has 1 aliphatic carbocycles. The number of ether oxygens (including phenoxy) is 1. The molecule has 6 heterocycles. The molecule has 14 heteroatoms. The van der Waals surface area contributed by atoms with E-state index in [1.165, 1.54) is 36.6 Å². The van der Waals surface area contributed by atoms with Crippen LogP contribution in [0.2, 0.25) is 0 Å². The lowest BCUT2D eigenvalue weighted by atomic mass is 9.93. The minimum absolute atomic E-state index is 0.130. The van der Waals surface area contributed by atoms with Gasteiger partial charge in [-0.15, -0.1) is 21.5 Å². The maximum Gasteiger partial charge on any atom is 0.257 e. The van der Waals surface area contributed by atoms with E-state index in [2.05, 4.69) is 20.5 Å². The molecular weight excluding hydrogens is 697 g/mol. The maximum atomic E-state index is 15.7. The fourth-order valence-electron chi connectivity index (χ4n) is 7.87.